The number of amides is 1. The van der Waals surface area contributed by atoms with Crippen molar-refractivity contribution in [3.63, 3.8) is 0 Å². The number of nitro groups is 1. The zero-order valence-electron chi connectivity index (χ0n) is 16.4. The molecular weight excluding hydrogens is 400 g/mol. The lowest BCUT2D eigenvalue weighted by atomic mass is 9.95. The number of non-ortho nitro benzene ring substituents is 1. The fraction of sp³-hybridized carbons (Fsp3) is 0.611. The van der Waals surface area contributed by atoms with Crippen LogP contribution >= 0.6 is 0 Å². The van der Waals surface area contributed by atoms with Gasteiger partial charge in [0.05, 0.1) is 23.8 Å². The van der Waals surface area contributed by atoms with Crippen molar-refractivity contribution in [1.29, 1.82) is 0 Å². The van der Waals surface area contributed by atoms with E-state index >= 15 is 0 Å². The highest BCUT2D eigenvalue weighted by atomic mass is 32.2. The van der Waals surface area contributed by atoms with Crippen LogP contribution in [0.25, 0.3) is 0 Å². The molecule has 10 nitrogen and oxygen atoms in total. The average molecular weight is 426 g/mol. The second kappa shape index (κ2) is 9.06. The lowest BCUT2D eigenvalue weighted by Crippen LogP contribution is -2.43. The first-order valence-electron chi connectivity index (χ1n) is 9.73. The van der Waals surface area contributed by atoms with Gasteiger partial charge in [-0.25, -0.2) is 8.42 Å². The SMILES string of the molecule is CCNC(=O)C1CCN(c2ccc([N+](=O)[O-])cc2S(=O)(=O)N2CCOCC2)CC1. The van der Waals surface area contributed by atoms with Gasteiger partial charge in [0.25, 0.3) is 5.69 Å². The number of carbonyl (C=O) groups is 1. The Balaban J connectivity index is 1.89. The molecule has 2 aliphatic heterocycles. The van der Waals surface area contributed by atoms with Crippen LogP contribution in [0.4, 0.5) is 11.4 Å². The van der Waals surface area contributed by atoms with Crippen LogP contribution in [0.3, 0.4) is 0 Å². The zero-order chi connectivity index (χ0) is 21.0. The van der Waals surface area contributed by atoms with Gasteiger partial charge in [-0.15, -0.1) is 0 Å². The Labute approximate surface area is 170 Å². The monoisotopic (exact) mass is 426 g/mol. The summed E-state index contributed by atoms with van der Waals surface area (Å²) < 4.78 is 33.0. The molecule has 29 heavy (non-hydrogen) atoms. The van der Waals surface area contributed by atoms with Crippen LogP contribution in [-0.4, -0.2) is 69.5 Å². The molecule has 1 amide bonds. The van der Waals surface area contributed by atoms with Crippen molar-refractivity contribution in [2.24, 2.45) is 5.92 Å². The number of sulfonamides is 1. The van der Waals surface area contributed by atoms with Gasteiger partial charge in [-0.05, 0) is 25.8 Å². The minimum absolute atomic E-state index is 0.0111. The van der Waals surface area contributed by atoms with E-state index in [4.69, 9.17) is 4.74 Å². The van der Waals surface area contributed by atoms with E-state index in [9.17, 15) is 23.3 Å². The Morgan fingerprint density at radius 2 is 1.90 bits per heavy atom. The van der Waals surface area contributed by atoms with E-state index < -0.39 is 14.9 Å². The second-order valence-corrected chi connectivity index (χ2v) is 8.99. The first-order chi connectivity index (χ1) is 13.8. The molecule has 0 radical (unpaired) electrons. The number of hydrogen-bond donors (Lipinski definition) is 1. The smallest absolute Gasteiger partial charge is 0.270 e. The highest BCUT2D eigenvalue weighted by Crippen LogP contribution is 2.34. The van der Waals surface area contributed by atoms with Gasteiger partial charge in [-0.1, -0.05) is 0 Å². The van der Waals surface area contributed by atoms with Gasteiger partial charge in [-0.3, -0.25) is 14.9 Å². The van der Waals surface area contributed by atoms with Crippen molar-refractivity contribution in [3.05, 3.63) is 28.3 Å². The molecule has 0 atom stereocenters. The quantitative estimate of drug-likeness (QED) is 0.531. The molecule has 3 rings (SSSR count). The number of rotatable bonds is 6. The third-order valence-electron chi connectivity index (χ3n) is 5.30. The number of hydrogen-bond acceptors (Lipinski definition) is 7. The molecule has 0 bridgehead atoms. The van der Waals surface area contributed by atoms with Crippen LogP contribution in [0.5, 0.6) is 0 Å². The maximum absolute atomic E-state index is 13.2. The maximum atomic E-state index is 13.2. The summed E-state index contributed by atoms with van der Waals surface area (Å²) in [6.07, 6.45) is 1.19. The van der Waals surface area contributed by atoms with E-state index in [0.29, 0.717) is 51.4 Å². The van der Waals surface area contributed by atoms with Gasteiger partial charge in [0.2, 0.25) is 15.9 Å². The highest BCUT2D eigenvalue weighted by Gasteiger charge is 2.33. The number of nitrogens with one attached hydrogen (secondary N) is 1. The van der Waals surface area contributed by atoms with Gasteiger partial charge in [-0.2, -0.15) is 4.31 Å². The van der Waals surface area contributed by atoms with Crippen molar-refractivity contribution in [1.82, 2.24) is 9.62 Å². The van der Waals surface area contributed by atoms with E-state index in [1.54, 1.807) is 0 Å². The first-order valence-corrected chi connectivity index (χ1v) is 11.2. The van der Waals surface area contributed by atoms with Crippen LogP contribution < -0.4 is 10.2 Å². The Morgan fingerprint density at radius 3 is 2.48 bits per heavy atom. The molecular formula is C18H26N4O6S. The fourth-order valence-electron chi connectivity index (χ4n) is 3.71. The van der Waals surface area contributed by atoms with Gasteiger partial charge in [0.15, 0.2) is 0 Å². The molecule has 1 N–H and O–H groups in total. The van der Waals surface area contributed by atoms with Crippen LogP contribution in [0.1, 0.15) is 19.8 Å². The minimum atomic E-state index is -3.91. The standard InChI is InChI=1S/C18H26N4O6S/c1-2-19-18(23)14-5-7-20(8-6-14)16-4-3-15(22(24)25)13-17(16)29(26,27)21-9-11-28-12-10-21/h3-4,13-14H,2,5-12H2,1H3,(H,19,23). The number of nitro benzene ring substituents is 1. The summed E-state index contributed by atoms with van der Waals surface area (Å²) in [5, 5.41) is 14.1. The Morgan fingerprint density at radius 1 is 1.24 bits per heavy atom. The Kier molecular flexibility index (Phi) is 6.70. The van der Waals surface area contributed by atoms with Gasteiger partial charge in [0, 0.05) is 50.8 Å². The van der Waals surface area contributed by atoms with Crippen molar-refractivity contribution in [2.45, 2.75) is 24.7 Å². The molecule has 1 aromatic rings. The van der Waals surface area contributed by atoms with E-state index in [1.165, 1.54) is 16.4 Å². The fourth-order valence-corrected chi connectivity index (χ4v) is 5.35. The third-order valence-corrected chi connectivity index (χ3v) is 7.23. The Hall–Kier alpha value is -2.24. The van der Waals surface area contributed by atoms with Crippen LogP contribution in [0.15, 0.2) is 23.1 Å². The van der Waals surface area contributed by atoms with Gasteiger partial charge in [0.1, 0.15) is 4.90 Å². The predicted octanol–water partition coefficient (Wildman–Crippen LogP) is 0.968. The molecule has 1 aromatic carbocycles. The summed E-state index contributed by atoms with van der Waals surface area (Å²) in [4.78, 5) is 24.6. The normalized spacial score (nSPS) is 19.1. The third kappa shape index (κ3) is 4.68. The van der Waals surface area contributed by atoms with Crippen molar-refractivity contribution >= 4 is 27.3 Å². The second-order valence-electron chi connectivity index (χ2n) is 7.08. The average Bonchev–Trinajstić information content (AvgIpc) is 2.74. The molecule has 160 valence electrons. The molecule has 0 spiro atoms. The number of ether oxygens (including phenoxy) is 1. The largest absolute Gasteiger partial charge is 0.379 e. The van der Waals surface area contributed by atoms with Crippen molar-refractivity contribution in [3.8, 4) is 0 Å². The molecule has 2 aliphatic rings. The maximum Gasteiger partial charge on any atom is 0.270 e. The highest BCUT2D eigenvalue weighted by molar-refractivity contribution is 7.89. The van der Waals surface area contributed by atoms with Crippen molar-refractivity contribution in [2.75, 3.05) is 50.8 Å². The molecule has 11 heteroatoms. The first kappa shape index (κ1) is 21.5. The predicted molar refractivity (Wildman–Crippen MR) is 106 cm³/mol. The minimum Gasteiger partial charge on any atom is -0.379 e. The van der Waals surface area contributed by atoms with Crippen LogP contribution in [0.2, 0.25) is 0 Å². The number of anilines is 1. The number of carbonyl (C=O) groups excluding carboxylic acids is 1. The summed E-state index contributed by atoms with van der Waals surface area (Å²) in [7, 11) is -3.91. The topological polar surface area (TPSA) is 122 Å². The summed E-state index contributed by atoms with van der Waals surface area (Å²) in [6.45, 7) is 4.46. The summed E-state index contributed by atoms with van der Waals surface area (Å²) in [5.74, 6) is -0.0967. The van der Waals surface area contributed by atoms with Crippen LogP contribution in [0, 0.1) is 16.0 Å². The van der Waals surface area contributed by atoms with E-state index in [1.807, 2.05) is 11.8 Å². The number of nitrogens with zero attached hydrogens (tertiary/aromatic N) is 3. The van der Waals surface area contributed by atoms with E-state index in [0.717, 1.165) is 6.07 Å². The molecule has 0 aliphatic carbocycles. The molecule has 2 fully saturated rings. The number of morpholine rings is 1. The van der Waals surface area contributed by atoms with E-state index in [2.05, 4.69) is 5.32 Å². The van der Waals surface area contributed by atoms with Crippen LogP contribution in [-0.2, 0) is 19.6 Å². The lowest BCUT2D eigenvalue weighted by Gasteiger charge is -2.35. The lowest BCUT2D eigenvalue weighted by molar-refractivity contribution is -0.385. The number of piperidine rings is 1. The number of benzene rings is 1. The molecule has 0 aromatic heterocycles. The van der Waals surface area contributed by atoms with E-state index in [-0.39, 0.29) is 35.5 Å². The van der Waals surface area contributed by atoms with Gasteiger partial charge < -0.3 is 15.0 Å². The summed E-state index contributed by atoms with van der Waals surface area (Å²) in [6, 6.07) is 3.96. The summed E-state index contributed by atoms with van der Waals surface area (Å²) in [5.41, 5.74) is 0.175. The van der Waals surface area contributed by atoms with Crippen molar-refractivity contribution < 1.29 is 22.9 Å². The summed E-state index contributed by atoms with van der Waals surface area (Å²) >= 11 is 0. The molecule has 2 heterocycles. The molecule has 0 unspecified atom stereocenters. The Bertz CT molecular complexity index is 861. The molecule has 2 saturated heterocycles. The van der Waals surface area contributed by atoms with Gasteiger partial charge >= 0.3 is 0 Å². The molecule has 0 saturated carbocycles. The zero-order valence-corrected chi connectivity index (χ0v) is 17.2.